The minimum atomic E-state index is -0.750. The third-order valence-corrected chi connectivity index (χ3v) is 5.53. The van der Waals surface area contributed by atoms with Crippen molar-refractivity contribution in [3.63, 3.8) is 0 Å². The van der Waals surface area contributed by atoms with Crippen LogP contribution in [-0.2, 0) is 20.9 Å². The summed E-state index contributed by atoms with van der Waals surface area (Å²) in [4.78, 5) is 37.7. The number of likely N-dealkylation sites (tertiary alicyclic amines) is 1. The summed E-state index contributed by atoms with van der Waals surface area (Å²) >= 11 is 0. The number of benzene rings is 1. The number of hydrogen-bond acceptors (Lipinski definition) is 3. The van der Waals surface area contributed by atoms with E-state index < -0.39 is 12.0 Å². The molecule has 1 aliphatic heterocycles. The van der Waals surface area contributed by atoms with E-state index >= 15 is 0 Å². The zero-order chi connectivity index (χ0) is 18.7. The van der Waals surface area contributed by atoms with Crippen molar-refractivity contribution in [2.45, 2.75) is 64.1 Å². The molecule has 2 N–H and O–H groups in total. The number of carbonyl (C=O) groups excluding carboxylic acids is 2. The highest BCUT2D eigenvalue weighted by atomic mass is 16.4. The van der Waals surface area contributed by atoms with Gasteiger partial charge in [-0.1, -0.05) is 29.8 Å². The molecule has 2 fully saturated rings. The topological polar surface area (TPSA) is 86.7 Å². The van der Waals surface area contributed by atoms with Crippen molar-refractivity contribution in [1.82, 2.24) is 10.2 Å². The third kappa shape index (κ3) is 4.23. The second kappa shape index (κ2) is 7.89. The van der Waals surface area contributed by atoms with Crippen LogP contribution in [0.25, 0.3) is 0 Å². The molecule has 6 nitrogen and oxygen atoms in total. The molecular formula is C20H26N2O4. The molecule has 6 heteroatoms. The molecule has 1 saturated heterocycles. The van der Waals surface area contributed by atoms with E-state index in [-0.39, 0.29) is 23.8 Å². The zero-order valence-corrected chi connectivity index (χ0v) is 15.1. The zero-order valence-electron chi connectivity index (χ0n) is 15.1. The van der Waals surface area contributed by atoms with Crippen LogP contribution in [0.5, 0.6) is 0 Å². The maximum absolute atomic E-state index is 12.7. The van der Waals surface area contributed by atoms with Gasteiger partial charge in [0.1, 0.15) is 6.04 Å². The highest BCUT2D eigenvalue weighted by molar-refractivity contribution is 5.91. The maximum atomic E-state index is 12.7. The first kappa shape index (κ1) is 18.4. The van der Waals surface area contributed by atoms with Gasteiger partial charge in [0.15, 0.2) is 0 Å². The molecule has 1 atom stereocenters. The number of carbonyl (C=O) groups is 3. The fourth-order valence-corrected chi connectivity index (χ4v) is 3.88. The van der Waals surface area contributed by atoms with Gasteiger partial charge in [0.25, 0.3) is 0 Å². The lowest BCUT2D eigenvalue weighted by atomic mass is 9.86. The Morgan fingerprint density at radius 2 is 1.77 bits per heavy atom. The Bertz CT molecular complexity index is 678. The van der Waals surface area contributed by atoms with Gasteiger partial charge >= 0.3 is 5.97 Å². The van der Waals surface area contributed by atoms with Crippen LogP contribution in [-0.4, -0.2) is 39.9 Å². The number of rotatable bonds is 5. The van der Waals surface area contributed by atoms with Gasteiger partial charge in [-0.15, -0.1) is 0 Å². The molecular weight excluding hydrogens is 332 g/mol. The van der Waals surface area contributed by atoms with Crippen molar-refractivity contribution >= 4 is 17.8 Å². The summed E-state index contributed by atoms with van der Waals surface area (Å²) in [5, 5.41) is 12.1. The van der Waals surface area contributed by atoms with E-state index in [4.69, 9.17) is 5.11 Å². The van der Waals surface area contributed by atoms with Crippen LogP contribution in [0.15, 0.2) is 24.3 Å². The van der Waals surface area contributed by atoms with E-state index in [9.17, 15) is 14.4 Å². The molecule has 3 rings (SSSR count). The highest BCUT2D eigenvalue weighted by Crippen LogP contribution is 2.26. The lowest BCUT2D eigenvalue weighted by Crippen LogP contribution is -2.48. The minimum Gasteiger partial charge on any atom is -0.481 e. The Morgan fingerprint density at radius 3 is 2.38 bits per heavy atom. The maximum Gasteiger partial charge on any atom is 0.306 e. The molecule has 0 spiro atoms. The number of amides is 2. The molecule has 0 bridgehead atoms. The highest BCUT2D eigenvalue weighted by Gasteiger charge is 2.37. The van der Waals surface area contributed by atoms with Crippen molar-refractivity contribution in [1.29, 1.82) is 0 Å². The van der Waals surface area contributed by atoms with E-state index in [2.05, 4.69) is 5.32 Å². The Kier molecular flexibility index (Phi) is 5.59. The van der Waals surface area contributed by atoms with Crippen LogP contribution in [0.3, 0.4) is 0 Å². The van der Waals surface area contributed by atoms with Gasteiger partial charge in [-0.3, -0.25) is 14.4 Å². The van der Waals surface area contributed by atoms with Crippen molar-refractivity contribution in [2.24, 2.45) is 5.92 Å². The van der Waals surface area contributed by atoms with Gasteiger partial charge < -0.3 is 15.3 Å². The summed E-state index contributed by atoms with van der Waals surface area (Å²) in [5.41, 5.74) is 2.18. The van der Waals surface area contributed by atoms with Gasteiger partial charge in [-0.05, 0) is 44.6 Å². The minimum absolute atomic E-state index is 0.00928. The van der Waals surface area contributed by atoms with Gasteiger partial charge in [-0.25, -0.2) is 0 Å². The first-order chi connectivity index (χ1) is 12.4. The fraction of sp³-hybridized carbons (Fsp3) is 0.550. The number of aryl methyl sites for hydroxylation is 1. The van der Waals surface area contributed by atoms with Crippen molar-refractivity contribution in [3.8, 4) is 0 Å². The number of nitrogens with zero attached hydrogens (tertiary/aromatic N) is 1. The molecule has 0 radical (unpaired) electrons. The summed E-state index contributed by atoms with van der Waals surface area (Å²) < 4.78 is 0. The van der Waals surface area contributed by atoms with Gasteiger partial charge in [0.05, 0.1) is 5.92 Å². The molecule has 140 valence electrons. The number of hydrogen-bond donors (Lipinski definition) is 2. The van der Waals surface area contributed by atoms with Crippen LogP contribution in [0.2, 0.25) is 0 Å². The molecule has 1 unspecified atom stereocenters. The standard InChI is InChI=1S/C20H26N2O4/c1-13-2-4-14(5-3-13)12-22-17(10-11-18(22)23)19(24)21-16-8-6-15(7-9-16)20(25)26/h2-5,15-17H,6-12H2,1H3,(H,21,24)(H,25,26). The second-order valence-corrected chi connectivity index (χ2v) is 7.46. The lowest BCUT2D eigenvalue weighted by Gasteiger charge is -2.30. The van der Waals surface area contributed by atoms with Crippen LogP contribution in [0.4, 0.5) is 0 Å². The third-order valence-electron chi connectivity index (χ3n) is 5.53. The van der Waals surface area contributed by atoms with Crippen molar-refractivity contribution < 1.29 is 19.5 Å². The summed E-state index contributed by atoms with van der Waals surface area (Å²) in [6.07, 6.45) is 3.49. The average molecular weight is 358 g/mol. The Labute approximate surface area is 153 Å². The van der Waals surface area contributed by atoms with Crippen LogP contribution in [0.1, 0.15) is 49.7 Å². The average Bonchev–Trinajstić information content (AvgIpc) is 2.98. The van der Waals surface area contributed by atoms with Gasteiger partial charge in [0.2, 0.25) is 11.8 Å². The predicted octanol–water partition coefficient (Wildman–Crippen LogP) is 2.25. The van der Waals surface area contributed by atoms with E-state index in [1.54, 1.807) is 4.90 Å². The molecule has 1 aromatic carbocycles. The molecule has 26 heavy (non-hydrogen) atoms. The number of aliphatic carboxylic acids is 1. The predicted molar refractivity (Wildman–Crippen MR) is 96.3 cm³/mol. The first-order valence-corrected chi connectivity index (χ1v) is 9.32. The van der Waals surface area contributed by atoms with E-state index in [1.807, 2.05) is 31.2 Å². The molecule has 2 amide bonds. The lowest BCUT2D eigenvalue weighted by molar-refractivity contribution is -0.143. The first-order valence-electron chi connectivity index (χ1n) is 9.32. The summed E-state index contributed by atoms with van der Waals surface area (Å²) in [5.74, 6) is -1.14. The van der Waals surface area contributed by atoms with Crippen molar-refractivity contribution in [3.05, 3.63) is 35.4 Å². The number of carboxylic acid groups (broad SMARTS) is 1. The molecule has 0 aromatic heterocycles. The monoisotopic (exact) mass is 358 g/mol. The quantitative estimate of drug-likeness (QED) is 0.845. The summed E-state index contributed by atoms with van der Waals surface area (Å²) in [6, 6.07) is 7.57. The molecule has 2 aliphatic rings. The molecule has 1 heterocycles. The van der Waals surface area contributed by atoms with Gasteiger partial charge in [-0.2, -0.15) is 0 Å². The summed E-state index contributed by atoms with van der Waals surface area (Å²) in [7, 11) is 0. The molecule has 1 aliphatic carbocycles. The van der Waals surface area contributed by atoms with Crippen LogP contribution >= 0.6 is 0 Å². The van der Waals surface area contributed by atoms with Crippen molar-refractivity contribution in [2.75, 3.05) is 0 Å². The van der Waals surface area contributed by atoms with E-state index in [0.29, 0.717) is 45.1 Å². The number of nitrogens with one attached hydrogen (secondary N) is 1. The largest absolute Gasteiger partial charge is 0.481 e. The Hall–Kier alpha value is -2.37. The van der Waals surface area contributed by atoms with Crippen LogP contribution in [0, 0.1) is 12.8 Å². The SMILES string of the molecule is Cc1ccc(CN2C(=O)CCC2C(=O)NC2CCC(C(=O)O)CC2)cc1. The molecule has 1 aromatic rings. The summed E-state index contributed by atoms with van der Waals surface area (Å²) in [6.45, 7) is 2.46. The van der Waals surface area contributed by atoms with E-state index in [1.165, 1.54) is 0 Å². The molecule has 1 saturated carbocycles. The van der Waals surface area contributed by atoms with Gasteiger partial charge in [0, 0.05) is 19.0 Å². The smallest absolute Gasteiger partial charge is 0.306 e. The Balaban J connectivity index is 1.58. The van der Waals surface area contributed by atoms with Crippen LogP contribution < -0.4 is 5.32 Å². The Morgan fingerprint density at radius 1 is 1.12 bits per heavy atom. The second-order valence-electron chi connectivity index (χ2n) is 7.46. The normalized spacial score (nSPS) is 26.0. The number of carboxylic acids is 1. The fourth-order valence-electron chi connectivity index (χ4n) is 3.88. The van der Waals surface area contributed by atoms with E-state index in [0.717, 1.165) is 11.1 Å².